The van der Waals surface area contributed by atoms with Crippen LogP contribution in [0.4, 0.5) is 0 Å². The fraction of sp³-hybridized carbons (Fsp3) is 0.0811. The Labute approximate surface area is 268 Å². The third-order valence-electron chi connectivity index (χ3n) is 7.83. The summed E-state index contributed by atoms with van der Waals surface area (Å²) in [5, 5.41) is 0. The monoisotopic (exact) mass is 721 g/mol. The molecule has 40 heavy (non-hydrogen) atoms. The molecule has 2 atom stereocenters. The van der Waals surface area contributed by atoms with Gasteiger partial charge in [0.1, 0.15) is 0 Å². The van der Waals surface area contributed by atoms with Gasteiger partial charge in [-0.2, -0.15) is 0 Å². The molecule has 0 nitrogen and oxygen atoms in total. The summed E-state index contributed by atoms with van der Waals surface area (Å²) in [6.45, 7) is 0. The number of allylic oxidation sites excluding steroid dienone is 2. The number of halogens is 2. The van der Waals surface area contributed by atoms with Crippen molar-refractivity contribution in [3.63, 3.8) is 0 Å². The van der Waals surface area contributed by atoms with Crippen molar-refractivity contribution in [2.75, 3.05) is 0 Å². The van der Waals surface area contributed by atoms with Crippen molar-refractivity contribution in [1.29, 1.82) is 0 Å². The van der Waals surface area contributed by atoms with E-state index in [0.717, 1.165) is 6.42 Å². The van der Waals surface area contributed by atoms with Gasteiger partial charge in [0.05, 0.1) is 0 Å². The fourth-order valence-electron chi connectivity index (χ4n) is 6.13. The molecule has 0 bridgehead atoms. The molecular formula is C37H27Cl2Hf-3. The minimum absolute atomic E-state index is 0. The standard InChI is InChI=1S/C37H27.2ClH.Hf/c1-4-13-26(14-5-1)23-35-31-21-12-22-32(36(31)25-33(35)27-15-6-2-7-16-27)37-30-20-11-10-19-29(30)24-34(37)28-17-8-3-9-18-28;;;/h1-22,24,35,37H,23H2;2*1H;/q-1;;;/p-2. The Bertz CT molecular complexity index is 1640. The van der Waals surface area contributed by atoms with Crippen molar-refractivity contribution in [3.8, 4) is 0 Å². The van der Waals surface area contributed by atoms with E-state index in [9.17, 15) is 0 Å². The second-order valence-electron chi connectivity index (χ2n) is 9.99. The molecule has 7 rings (SSSR count). The van der Waals surface area contributed by atoms with Gasteiger partial charge in [-0.05, 0) is 40.2 Å². The molecule has 0 fully saturated rings. The van der Waals surface area contributed by atoms with Gasteiger partial charge in [0.2, 0.25) is 0 Å². The molecule has 0 aliphatic heterocycles. The molecule has 2 aliphatic rings. The second kappa shape index (κ2) is 13.1. The van der Waals surface area contributed by atoms with Crippen LogP contribution in [-0.2, 0) is 32.3 Å². The zero-order valence-corrected chi connectivity index (χ0v) is 27.0. The predicted molar refractivity (Wildman–Crippen MR) is 154 cm³/mol. The van der Waals surface area contributed by atoms with E-state index < -0.39 is 0 Å². The quantitative estimate of drug-likeness (QED) is 0.194. The van der Waals surface area contributed by atoms with Gasteiger partial charge in [0, 0.05) is 31.8 Å². The summed E-state index contributed by atoms with van der Waals surface area (Å²) < 4.78 is 0. The topological polar surface area (TPSA) is 0 Å². The molecule has 0 N–H and O–H groups in total. The van der Waals surface area contributed by atoms with Gasteiger partial charge in [-0.1, -0.05) is 133 Å². The Morgan fingerprint density at radius 2 is 1.07 bits per heavy atom. The Morgan fingerprint density at radius 3 is 1.77 bits per heavy atom. The maximum atomic E-state index is 3.96. The van der Waals surface area contributed by atoms with Crippen LogP contribution < -0.4 is 24.8 Å². The van der Waals surface area contributed by atoms with E-state index in [1.54, 1.807) is 0 Å². The van der Waals surface area contributed by atoms with Gasteiger partial charge >= 0.3 is 0 Å². The minimum Gasteiger partial charge on any atom is -1.00 e. The summed E-state index contributed by atoms with van der Waals surface area (Å²) >= 11 is 0. The average Bonchev–Trinajstić information content (AvgIpc) is 3.54. The van der Waals surface area contributed by atoms with Crippen LogP contribution in [0.5, 0.6) is 0 Å². The summed E-state index contributed by atoms with van der Waals surface area (Å²) in [5.74, 6) is 0.467. The fourth-order valence-corrected chi connectivity index (χ4v) is 6.13. The van der Waals surface area contributed by atoms with E-state index in [4.69, 9.17) is 0 Å². The molecule has 0 saturated carbocycles. The summed E-state index contributed by atoms with van der Waals surface area (Å²) in [7, 11) is 0. The molecule has 2 aliphatic carbocycles. The number of hydrogen-bond donors (Lipinski definition) is 0. The van der Waals surface area contributed by atoms with Crippen molar-refractivity contribution in [2.45, 2.75) is 18.3 Å². The van der Waals surface area contributed by atoms with Crippen molar-refractivity contribution < 1.29 is 50.7 Å². The van der Waals surface area contributed by atoms with Gasteiger partial charge in [-0.3, -0.25) is 0 Å². The Morgan fingerprint density at radius 1 is 0.525 bits per heavy atom. The Kier molecular flexibility index (Phi) is 9.85. The van der Waals surface area contributed by atoms with Gasteiger partial charge in [-0.25, -0.2) is 0 Å². The van der Waals surface area contributed by atoms with Crippen molar-refractivity contribution >= 4 is 17.2 Å². The maximum Gasteiger partial charge on any atom is 0.00192 e. The van der Waals surface area contributed by atoms with Crippen molar-refractivity contribution in [2.24, 2.45) is 0 Å². The van der Waals surface area contributed by atoms with E-state index in [0.29, 0.717) is 0 Å². The minimum atomic E-state index is 0. The molecule has 5 aromatic rings. The van der Waals surface area contributed by atoms with Crippen LogP contribution in [0.2, 0.25) is 0 Å². The number of fused-ring (bicyclic) bond motifs is 2. The maximum absolute atomic E-state index is 3.96. The molecular weight excluding hydrogens is 694 g/mol. The van der Waals surface area contributed by atoms with Crippen LogP contribution in [0, 0.1) is 6.08 Å². The SMILES string of the molecule is [C-]1=C(c2ccccc2)C(Cc2ccccc2)c2cccc(C3C(c4ccccc4)=Cc4ccccc43)c21.[Cl-].[Cl-].[Hf]. The zero-order chi connectivity index (χ0) is 24.6. The van der Waals surface area contributed by atoms with E-state index in [1.807, 2.05) is 0 Å². The van der Waals surface area contributed by atoms with Gasteiger partial charge in [-0.15, -0.1) is 40.5 Å². The van der Waals surface area contributed by atoms with Crippen molar-refractivity contribution in [3.05, 3.63) is 184 Å². The molecule has 196 valence electrons. The van der Waals surface area contributed by atoms with Gasteiger partial charge < -0.3 is 24.8 Å². The van der Waals surface area contributed by atoms with Crippen LogP contribution >= 0.6 is 0 Å². The molecule has 3 heteroatoms. The molecule has 0 heterocycles. The van der Waals surface area contributed by atoms with Crippen molar-refractivity contribution in [1.82, 2.24) is 0 Å². The van der Waals surface area contributed by atoms with E-state index in [-0.39, 0.29) is 62.5 Å². The van der Waals surface area contributed by atoms with Gasteiger partial charge in [0.25, 0.3) is 0 Å². The first-order valence-corrected chi connectivity index (χ1v) is 13.1. The van der Waals surface area contributed by atoms with Gasteiger partial charge in [0.15, 0.2) is 0 Å². The first-order valence-electron chi connectivity index (χ1n) is 13.1. The third kappa shape index (κ3) is 5.48. The van der Waals surface area contributed by atoms with E-state index in [1.165, 1.54) is 55.7 Å². The van der Waals surface area contributed by atoms with Crippen LogP contribution in [0.3, 0.4) is 0 Å². The molecule has 2 unspecified atom stereocenters. The summed E-state index contributed by atoms with van der Waals surface area (Å²) in [4.78, 5) is 0. The first-order chi connectivity index (χ1) is 18.4. The molecule has 0 radical (unpaired) electrons. The molecule has 0 spiro atoms. The normalized spacial score (nSPS) is 16.3. The Hall–Kier alpha value is -2.97. The molecule has 0 amide bonds. The summed E-state index contributed by atoms with van der Waals surface area (Å²) in [5.41, 5.74) is 13.3. The molecule has 0 saturated heterocycles. The van der Waals surface area contributed by atoms with Crippen LogP contribution in [0.1, 0.15) is 56.3 Å². The van der Waals surface area contributed by atoms with Crippen LogP contribution in [-0.4, -0.2) is 0 Å². The average molecular weight is 721 g/mol. The van der Waals surface area contributed by atoms with E-state index in [2.05, 4.69) is 146 Å². The third-order valence-corrected chi connectivity index (χ3v) is 7.83. The van der Waals surface area contributed by atoms with Crippen LogP contribution in [0.25, 0.3) is 17.2 Å². The Balaban J connectivity index is 0.00000123. The summed E-state index contributed by atoms with van der Waals surface area (Å²) in [6, 6.07) is 48.3. The predicted octanol–water partition coefficient (Wildman–Crippen LogP) is 2.95. The number of hydrogen-bond acceptors (Lipinski definition) is 0. The molecule has 0 aromatic heterocycles. The number of benzene rings is 5. The number of rotatable bonds is 5. The first kappa shape index (κ1) is 30.0. The van der Waals surface area contributed by atoms with E-state index >= 15 is 0 Å². The van der Waals surface area contributed by atoms with Crippen LogP contribution in [0.15, 0.2) is 133 Å². The molecule has 5 aromatic carbocycles. The second-order valence-corrected chi connectivity index (χ2v) is 9.99. The summed E-state index contributed by atoms with van der Waals surface area (Å²) in [6.07, 6.45) is 7.31. The zero-order valence-electron chi connectivity index (χ0n) is 21.9. The largest absolute Gasteiger partial charge is 1.00 e. The smallest absolute Gasteiger partial charge is 0.00192 e.